The van der Waals surface area contributed by atoms with E-state index in [-0.39, 0.29) is 28.6 Å². The summed E-state index contributed by atoms with van der Waals surface area (Å²) >= 11 is 0. The lowest BCUT2D eigenvalue weighted by Crippen LogP contribution is -2.34. The number of carbonyl (C=O) groups is 1. The molecule has 94 valence electrons. The van der Waals surface area contributed by atoms with E-state index in [1.165, 1.54) is 0 Å². The SMILES string of the molecule is CC(C)(C)C(=O)C1CCC(ON(O)O)CC1. The third-order valence-corrected chi connectivity index (χ3v) is 3.03. The Bertz CT molecular complexity index is 239. The first-order valence-corrected chi connectivity index (χ1v) is 5.69. The van der Waals surface area contributed by atoms with Crippen molar-refractivity contribution in [1.29, 1.82) is 0 Å². The van der Waals surface area contributed by atoms with Crippen molar-refractivity contribution in [2.75, 3.05) is 0 Å². The quantitative estimate of drug-likeness (QED) is 0.728. The summed E-state index contributed by atoms with van der Waals surface area (Å²) in [4.78, 5) is 16.7. The van der Waals surface area contributed by atoms with Crippen LogP contribution in [0.25, 0.3) is 0 Å². The normalized spacial score (nSPS) is 27.1. The van der Waals surface area contributed by atoms with Gasteiger partial charge in [0.25, 0.3) is 0 Å². The largest absolute Gasteiger partial charge is 0.299 e. The molecule has 0 saturated heterocycles. The molecule has 0 aromatic carbocycles. The van der Waals surface area contributed by atoms with Gasteiger partial charge in [-0.05, 0) is 25.7 Å². The van der Waals surface area contributed by atoms with Gasteiger partial charge in [-0.25, -0.2) is 4.84 Å². The van der Waals surface area contributed by atoms with Gasteiger partial charge in [0.1, 0.15) is 5.78 Å². The summed E-state index contributed by atoms with van der Waals surface area (Å²) in [6, 6.07) is 0. The van der Waals surface area contributed by atoms with E-state index in [0.717, 1.165) is 12.8 Å². The summed E-state index contributed by atoms with van der Waals surface area (Å²) in [7, 11) is 0. The minimum Gasteiger partial charge on any atom is -0.299 e. The van der Waals surface area contributed by atoms with E-state index >= 15 is 0 Å². The maximum absolute atomic E-state index is 12.0. The van der Waals surface area contributed by atoms with Crippen LogP contribution in [0.2, 0.25) is 0 Å². The Labute approximate surface area is 95.9 Å². The van der Waals surface area contributed by atoms with Gasteiger partial charge in [0, 0.05) is 11.3 Å². The number of hydrogen-bond donors (Lipinski definition) is 2. The van der Waals surface area contributed by atoms with Crippen LogP contribution in [0.1, 0.15) is 46.5 Å². The molecule has 0 atom stereocenters. The van der Waals surface area contributed by atoms with Crippen LogP contribution in [0.3, 0.4) is 0 Å². The predicted octanol–water partition coefficient (Wildman–Crippen LogP) is 2.17. The van der Waals surface area contributed by atoms with Gasteiger partial charge in [-0.2, -0.15) is 0 Å². The molecule has 5 nitrogen and oxygen atoms in total. The van der Waals surface area contributed by atoms with Gasteiger partial charge in [-0.3, -0.25) is 15.2 Å². The Hall–Kier alpha value is -0.490. The second-order valence-electron chi connectivity index (χ2n) is 5.45. The van der Waals surface area contributed by atoms with Gasteiger partial charge in [0.2, 0.25) is 0 Å². The van der Waals surface area contributed by atoms with Crippen LogP contribution in [0.15, 0.2) is 0 Å². The summed E-state index contributed by atoms with van der Waals surface area (Å²) in [6.45, 7) is 5.79. The monoisotopic (exact) mass is 231 g/mol. The molecule has 0 bridgehead atoms. The second-order valence-corrected chi connectivity index (χ2v) is 5.45. The Morgan fingerprint density at radius 3 is 2.06 bits per heavy atom. The number of Topliss-reactive ketones (excluding diaryl/α,β-unsaturated/α-hetero) is 1. The molecule has 1 aliphatic rings. The first-order valence-electron chi connectivity index (χ1n) is 5.69. The van der Waals surface area contributed by atoms with E-state index in [1.54, 1.807) is 0 Å². The highest BCUT2D eigenvalue weighted by Gasteiger charge is 2.33. The minimum absolute atomic E-state index is 0.0886. The van der Waals surface area contributed by atoms with Gasteiger partial charge >= 0.3 is 0 Å². The highest BCUT2D eigenvalue weighted by atomic mass is 17.1. The molecule has 1 saturated carbocycles. The molecular formula is C11H21NO4. The topological polar surface area (TPSA) is 70.0 Å². The average molecular weight is 231 g/mol. The van der Waals surface area contributed by atoms with E-state index in [0.29, 0.717) is 12.8 Å². The Kier molecular flexibility index (Phi) is 4.43. The first kappa shape index (κ1) is 13.6. The first-order chi connectivity index (χ1) is 7.30. The van der Waals surface area contributed by atoms with Crippen molar-refractivity contribution in [3.8, 4) is 0 Å². The number of hydrogen-bond acceptors (Lipinski definition) is 5. The molecule has 16 heavy (non-hydrogen) atoms. The third-order valence-electron chi connectivity index (χ3n) is 3.03. The van der Waals surface area contributed by atoms with Crippen LogP contribution in [-0.4, -0.2) is 27.7 Å². The molecule has 1 rings (SSSR count). The zero-order chi connectivity index (χ0) is 12.3. The summed E-state index contributed by atoms with van der Waals surface area (Å²) in [6.07, 6.45) is 2.69. The van der Waals surface area contributed by atoms with Gasteiger partial charge in [-0.15, -0.1) is 0 Å². The number of carbonyl (C=O) groups excluding carboxylic acids is 1. The zero-order valence-electron chi connectivity index (χ0n) is 10.1. The Morgan fingerprint density at radius 1 is 1.19 bits per heavy atom. The standard InChI is InChI=1S/C11H21NO4/c1-11(2,3)10(13)8-4-6-9(7-5-8)16-12(14)15/h8-9,14-15H,4-7H2,1-3H3. The maximum atomic E-state index is 12.0. The number of nitrogens with zero attached hydrogens (tertiary/aromatic N) is 1. The Balaban J connectivity index is 2.40. The smallest absolute Gasteiger partial charge is 0.141 e. The third kappa shape index (κ3) is 3.83. The second kappa shape index (κ2) is 5.23. The maximum Gasteiger partial charge on any atom is 0.141 e. The van der Waals surface area contributed by atoms with E-state index in [9.17, 15) is 4.79 Å². The molecule has 0 aliphatic heterocycles. The van der Waals surface area contributed by atoms with Crippen LogP contribution in [0.5, 0.6) is 0 Å². The summed E-state index contributed by atoms with van der Waals surface area (Å²) in [5, 5.41) is 16.8. The van der Waals surface area contributed by atoms with Gasteiger partial charge in [0.15, 0.2) is 0 Å². The molecule has 0 unspecified atom stereocenters. The van der Waals surface area contributed by atoms with Crippen molar-refractivity contribution < 1.29 is 20.0 Å². The molecule has 1 aliphatic carbocycles. The summed E-state index contributed by atoms with van der Waals surface area (Å²) in [5.74, 6) is 0.376. The van der Waals surface area contributed by atoms with Crippen LogP contribution in [0.4, 0.5) is 0 Å². The van der Waals surface area contributed by atoms with E-state index < -0.39 is 0 Å². The van der Waals surface area contributed by atoms with Crippen LogP contribution in [0, 0.1) is 11.3 Å². The van der Waals surface area contributed by atoms with E-state index in [1.807, 2.05) is 20.8 Å². The molecule has 5 heteroatoms. The van der Waals surface area contributed by atoms with Crippen molar-refractivity contribution in [3.63, 3.8) is 0 Å². The lowest BCUT2D eigenvalue weighted by Gasteiger charge is -2.31. The highest BCUT2D eigenvalue weighted by Crippen LogP contribution is 2.32. The molecule has 0 radical (unpaired) electrons. The summed E-state index contributed by atoms with van der Waals surface area (Å²) < 4.78 is 0. The van der Waals surface area contributed by atoms with Crippen LogP contribution in [-0.2, 0) is 9.63 Å². The molecule has 0 amide bonds. The number of rotatable bonds is 3. The van der Waals surface area contributed by atoms with Crippen LogP contribution >= 0.6 is 0 Å². The van der Waals surface area contributed by atoms with Crippen LogP contribution < -0.4 is 0 Å². The molecular weight excluding hydrogens is 210 g/mol. The van der Waals surface area contributed by atoms with Crippen molar-refractivity contribution in [3.05, 3.63) is 0 Å². The lowest BCUT2D eigenvalue weighted by atomic mass is 9.76. The van der Waals surface area contributed by atoms with Crippen molar-refractivity contribution in [1.82, 2.24) is 5.39 Å². The van der Waals surface area contributed by atoms with E-state index in [2.05, 4.69) is 0 Å². The van der Waals surface area contributed by atoms with Gasteiger partial charge in [0.05, 0.1) is 11.5 Å². The predicted molar refractivity (Wildman–Crippen MR) is 56.7 cm³/mol. The molecule has 0 aromatic rings. The molecule has 0 aromatic heterocycles. The van der Waals surface area contributed by atoms with E-state index in [4.69, 9.17) is 15.3 Å². The highest BCUT2D eigenvalue weighted by molar-refractivity contribution is 5.85. The average Bonchev–Trinajstić information content (AvgIpc) is 2.15. The molecule has 2 N–H and O–H groups in total. The lowest BCUT2D eigenvalue weighted by molar-refractivity contribution is -0.506. The van der Waals surface area contributed by atoms with Crippen molar-refractivity contribution in [2.45, 2.75) is 52.6 Å². The number of ketones is 1. The van der Waals surface area contributed by atoms with Crippen molar-refractivity contribution >= 4 is 5.78 Å². The molecule has 0 spiro atoms. The summed E-state index contributed by atoms with van der Waals surface area (Å²) in [5.41, 5.74) is -0.293. The molecule has 1 fully saturated rings. The minimum atomic E-state index is -0.293. The fourth-order valence-corrected chi connectivity index (χ4v) is 2.18. The van der Waals surface area contributed by atoms with Crippen molar-refractivity contribution in [2.24, 2.45) is 11.3 Å². The molecule has 0 heterocycles. The fraction of sp³-hybridized carbons (Fsp3) is 0.909. The van der Waals surface area contributed by atoms with Gasteiger partial charge < -0.3 is 0 Å². The zero-order valence-corrected chi connectivity index (χ0v) is 10.1. The Morgan fingerprint density at radius 2 is 1.69 bits per heavy atom. The fourth-order valence-electron chi connectivity index (χ4n) is 2.18. The van der Waals surface area contributed by atoms with Gasteiger partial charge in [-0.1, -0.05) is 20.8 Å².